The molecule has 1 aliphatic heterocycles. The summed E-state index contributed by atoms with van der Waals surface area (Å²) in [6.07, 6.45) is 5.07. The second-order valence-corrected chi connectivity index (χ2v) is 8.79. The fraction of sp³-hybridized carbons (Fsp3) is 0.500. The summed E-state index contributed by atoms with van der Waals surface area (Å²) in [5.74, 6) is 0.451. The third-order valence-electron chi connectivity index (χ3n) is 6.28. The smallest absolute Gasteiger partial charge is 0.329 e. The van der Waals surface area contributed by atoms with Crippen molar-refractivity contribution in [1.82, 2.24) is 24.8 Å². The Morgan fingerprint density at radius 2 is 2.00 bits per heavy atom. The summed E-state index contributed by atoms with van der Waals surface area (Å²) in [5, 5.41) is 3.14. The largest absolute Gasteiger partial charge is 0.468 e. The summed E-state index contributed by atoms with van der Waals surface area (Å²) < 4.78 is 7.06. The van der Waals surface area contributed by atoms with Crippen molar-refractivity contribution >= 4 is 16.9 Å². The van der Waals surface area contributed by atoms with E-state index in [1.54, 1.807) is 19.3 Å². The Hall–Kier alpha value is -3.20. The Kier molecular flexibility index (Phi) is 6.78. The molecule has 4 heterocycles. The van der Waals surface area contributed by atoms with Crippen molar-refractivity contribution in [3.8, 4) is 0 Å². The van der Waals surface area contributed by atoms with E-state index in [1.165, 1.54) is 11.0 Å². The number of fused-ring (bicyclic) bond motifs is 1. The Labute approximate surface area is 191 Å². The molecule has 3 aromatic heterocycles. The van der Waals surface area contributed by atoms with Gasteiger partial charge >= 0.3 is 5.69 Å². The first-order valence-electron chi connectivity index (χ1n) is 11.6. The van der Waals surface area contributed by atoms with Gasteiger partial charge in [0.25, 0.3) is 11.5 Å². The van der Waals surface area contributed by atoms with E-state index in [0.29, 0.717) is 18.8 Å². The molecule has 0 spiro atoms. The molecule has 0 aliphatic carbocycles. The van der Waals surface area contributed by atoms with Gasteiger partial charge in [-0.15, -0.1) is 0 Å². The highest BCUT2D eigenvalue weighted by atomic mass is 16.3. The topological polar surface area (TPSA) is 113 Å². The summed E-state index contributed by atoms with van der Waals surface area (Å²) in [6.45, 7) is 8.28. The van der Waals surface area contributed by atoms with Crippen LogP contribution in [0.5, 0.6) is 0 Å². The molecule has 176 valence electrons. The zero-order valence-electron chi connectivity index (χ0n) is 19.4. The van der Waals surface area contributed by atoms with Crippen LogP contribution in [0, 0.1) is 0 Å². The average molecular weight is 454 g/mol. The molecule has 4 rings (SSSR count). The highest BCUT2D eigenvalue weighted by molar-refractivity contribution is 6.05. The maximum absolute atomic E-state index is 13.4. The number of likely N-dealkylation sites (tertiary alicyclic amines) is 1. The van der Waals surface area contributed by atoms with Crippen molar-refractivity contribution in [2.24, 2.45) is 0 Å². The average Bonchev–Trinajstić information content (AvgIpc) is 3.33. The number of aromatic amines is 1. The summed E-state index contributed by atoms with van der Waals surface area (Å²) in [5.41, 5.74) is -0.0207. The molecule has 0 radical (unpaired) electrons. The van der Waals surface area contributed by atoms with Crippen LogP contribution in [0.25, 0.3) is 11.0 Å². The van der Waals surface area contributed by atoms with E-state index in [1.807, 2.05) is 26.0 Å². The fourth-order valence-corrected chi connectivity index (χ4v) is 4.47. The first-order chi connectivity index (χ1) is 15.9. The number of nitrogens with one attached hydrogen (secondary N) is 2. The van der Waals surface area contributed by atoms with Gasteiger partial charge in [0.05, 0.1) is 23.3 Å². The molecule has 0 saturated carbocycles. The zero-order valence-corrected chi connectivity index (χ0v) is 19.4. The standard InChI is InChI=1S/C24H31N5O4/c1-4-29-21-20(23(31)27-24(29)32)16(13-17(26-21)15(2)3)22(30)25-14-18(19-9-8-12-33-19)28-10-6-5-7-11-28/h8-9,12-13,15,18H,4-7,10-11,14H2,1-3H3,(H,25,30)(H,27,31,32). The lowest BCUT2D eigenvalue weighted by molar-refractivity contribution is 0.0915. The van der Waals surface area contributed by atoms with Gasteiger partial charge in [0.2, 0.25) is 0 Å². The molecular formula is C24H31N5O4. The number of aryl methyl sites for hydroxylation is 1. The van der Waals surface area contributed by atoms with Crippen LogP contribution in [0.4, 0.5) is 0 Å². The number of carbonyl (C=O) groups excluding carboxylic acids is 1. The quantitative estimate of drug-likeness (QED) is 0.569. The van der Waals surface area contributed by atoms with Gasteiger partial charge in [-0.05, 0) is 57.0 Å². The minimum absolute atomic E-state index is 0.0184. The highest BCUT2D eigenvalue weighted by Crippen LogP contribution is 2.25. The Balaban J connectivity index is 1.71. The molecule has 1 amide bonds. The number of pyridine rings is 1. The van der Waals surface area contributed by atoms with E-state index in [0.717, 1.165) is 31.7 Å². The molecule has 1 atom stereocenters. The number of piperidine rings is 1. The molecule has 2 N–H and O–H groups in total. The van der Waals surface area contributed by atoms with Crippen molar-refractivity contribution in [1.29, 1.82) is 0 Å². The van der Waals surface area contributed by atoms with E-state index < -0.39 is 11.2 Å². The van der Waals surface area contributed by atoms with Gasteiger partial charge in [-0.3, -0.25) is 24.0 Å². The van der Waals surface area contributed by atoms with Gasteiger partial charge in [-0.1, -0.05) is 20.3 Å². The lowest BCUT2D eigenvalue weighted by atomic mass is 10.0. The molecule has 33 heavy (non-hydrogen) atoms. The predicted molar refractivity (Wildman–Crippen MR) is 126 cm³/mol. The number of rotatable bonds is 7. The first-order valence-corrected chi connectivity index (χ1v) is 11.6. The molecule has 1 saturated heterocycles. The van der Waals surface area contributed by atoms with Gasteiger partial charge < -0.3 is 9.73 Å². The monoisotopic (exact) mass is 453 g/mol. The molecule has 9 nitrogen and oxygen atoms in total. The Morgan fingerprint density at radius 3 is 2.64 bits per heavy atom. The number of amides is 1. The summed E-state index contributed by atoms with van der Waals surface area (Å²) in [4.78, 5) is 47.7. The second kappa shape index (κ2) is 9.74. The Morgan fingerprint density at radius 1 is 1.24 bits per heavy atom. The van der Waals surface area contributed by atoms with Gasteiger partial charge in [0, 0.05) is 18.8 Å². The summed E-state index contributed by atoms with van der Waals surface area (Å²) >= 11 is 0. The molecule has 1 aliphatic rings. The third kappa shape index (κ3) is 4.64. The van der Waals surface area contributed by atoms with Crippen molar-refractivity contribution in [2.45, 2.75) is 58.5 Å². The van der Waals surface area contributed by atoms with Crippen LogP contribution in [0.2, 0.25) is 0 Å². The van der Waals surface area contributed by atoms with E-state index in [-0.39, 0.29) is 34.5 Å². The van der Waals surface area contributed by atoms with Crippen LogP contribution in [-0.2, 0) is 6.54 Å². The minimum Gasteiger partial charge on any atom is -0.468 e. The van der Waals surface area contributed by atoms with Gasteiger partial charge in [-0.2, -0.15) is 0 Å². The third-order valence-corrected chi connectivity index (χ3v) is 6.28. The van der Waals surface area contributed by atoms with Gasteiger partial charge in [-0.25, -0.2) is 9.78 Å². The maximum atomic E-state index is 13.4. The molecule has 1 fully saturated rings. The number of nitrogens with zero attached hydrogens (tertiary/aromatic N) is 3. The number of H-pyrrole nitrogens is 1. The summed E-state index contributed by atoms with van der Waals surface area (Å²) in [7, 11) is 0. The Bertz CT molecular complexity index is 1240. The van der Waals surface area contributed by atoms with E-state index in [9.17, 15) is 14.4 Å². The van der Waals surface area contributed by atoms with Gasteiger partial charge in [0.15, 0.2) is 5.65 Å². The van der Waals surface area contributed by atoms with Gasteiger partial charge in [0.1, 0.15) is 5.76 Å². The molecular weight excluding hydrogens is 422 g/mol. The van der Waals surface area contributed by atoms with Crippen LogP contribution in [0.1, 0.15) is 73.8 Å². The van der Waals surface area contributed by atoms with Crippen LogP contribution in [0.15, 0.2) is 38.5 Å². The van der Waals surface area contributed by atoms with Crippen molar-refractivity contribution in [2.75, 3.05) is 19.6 Å². The lowest BCUT2D eigenvalue weighted by Gasteiger charge is -2.33. The number of hydrogen-bond acceptors (Lipinski definition) is 6. The molecule has 0 aromatic carbocycles. The molecule has 1 unspecified atom stereocenters. The lowest BCUT2D eigenvalue weighted by Crippen LogP contribution is -2.41. The number of hydrogen-bond donors (Lipinski definition) is 2. The SMILES string of the molecule is CCn1c(=O)[nH]c(=O)c2c(C(=O)NCC(c3ccco3)N3CCCCC3)cc(C(C)C)nc21. The van der Waals surface area contributed by atoms with E-state index in [4.69, 9.17) is 4.42 Å². The molecule has 0 bridgehead atoms. The minimum atomic E-state index is -0.605. The van der Waals surface area contributed by atoms with Crippen LogP contribution in [0.3, 0.4) is 0 Å². The predicted octanol–water partition coefficient (Wildman–Crippen LogP) is 2.78. The maximum Gasteiger partial charge on any atom is 0.329 e. The normalized spacial score (nSPS) is 15.8. The van der Waals surface area contributed by atoms with E-state index >= 15 is 0 Å². The van der Waals surface area contributed by atoms with Crippen LogP contribution < -0.4 is 16.6 Å². The highest BCUT2D eigenvalue weighted by Gasteiger charge is 2.26. The molecule has 3 aromatic rings. The number of aromatic nitrogens is 3. The number of carbonyl (C=O) groups is 1. The first kappa shape index (κ1) is 23.0. The number of furan rings is 1. The summed E-state index contributed by atoms with van der Waals surface area (Å²) in [6, 6.07) is 5.34. The van der Waals surface area contributed by atoms with Crippen molar-refractivity contribution < 1.29 is 9.21 Å². The fourth-order valence-electron chi connectivity index (χ4n) is 4.47. The second-order valence-electron chi connectivity index (χ2n) is 8.79. The molecule has 9 heteroatoms. The van der Waals surface area contributed by atoms with Crippen LogP contribution >= 0.6 is 0 Å². The van der Waals surface area contributed by atoms with Crippen molar-refractivity contribution in [3.63, 3.8) is 0 Å². The van der Waals surface area contributed by atoms with E-state index in [2.05, 4.69) is 20.2 Å². The van der Waals surface area contributed by atoms with Crippen molar-refractivity contribution in [3.05, 3.63) is 62.3 Å². The van der Waals surface area contributed by atoms with Crippen LogP contribution in [-0.4, -0.2) is 45.0 Å². The zero-order chi connectivity index (χ0) is 23.5.